The fourth-order valence-electron chi connectivity index (χ4n) is 0.842. The molecule has 3 heteroatoms. The molecule has 0 aromatic carbocycles. The summed E-state index contributed by atoms with van der Waals surface area (Å²) in [6.45, 7) is 9.55. The SMILES string of the molecule is C=C/C=C1/C(C)=CN=C1N.CC.CCl. The van der Waals surface area contributed by atoms with Crippen LogP contribution < -0.4 is 5.73 Å². The van der Waals surface area contributed by atoms with Gasteiger partial charge in [-0.05, 0) is 12.5 Å². The van der Waals surface area contributed by atoms with Gasteiger partial charge in [0.25, 0.3) is 0 Å². The van der Waals surface area contributed by atoms with E-state index in [0.717, 1.165) is 11.1 Å². The minimum absolute atomic E-state index is 0.581. The fourth-order valence-corrected chi connectivity index (χ4v) is 0.842. The van der Waals surface area contributed by atoms with Crippen molar-refractivity contribution in [2.75, 3.05) is 6.38 Å². The molecule has 0 atom stereocenters. The Bertz CT molecular complexity index is 230. The number of hydrogen-bond donors (Lipinski definition) is 1. The Morgan fingerprint density at radius 2 is 1.93 bits per heavy atom. The summed E-state index contributed by atoms with van der Waals surface area (Å²) >= 11 is 4.64. The molecule has 2 N–H and O–H groups in total. The number of aliphatic imine (C=N–C) groups is 1. The van der Waals surface area contributed by atoms with Gasteiger partial charge >= 0.3 is 0 Å². The molecule has 14 heavy (non-hydrogen) atoms. The van der Waals surface area contributed by atoms with Crippen LogP contribution in [-0.2, 0) is 0 Å². The van der Waals surface area contributed by atoms with Crippen molar-refractivity contribution in [3.63, 3.8) is 0 Å². The largest absolute Gasteiger partial charge is 0.383 e. The van der Waals surface area contributed by atoms with Gasteiger partial charge in [-0.1, -0.05) is 32.6 Å². The van der Waals surface area contributed by atoms with Crippen LogP contribution in [0.15, 0.2) is 41.1 Å². The number of hydrogen-bond acceptors (Lipinski definition) is 2. The molecule has 1 aliphatic rings. The highest BCUT2D eigenvalue weighted by Gasteiger charge is 2.08. The standard InChI is InChI=1S/C8H10N2.C2H6.CH3Cl/c1-3-4-7-6(2)5-10-8(7)9;2*1-2/h3-5H,1H2,2H3,(H2,9,10);1-2H3;1H3/b7-4-;;. The van der Waals surface area contributed by atoms with Gasteiger partial charge < -0.3 is 5.73 Å². The molecule has 0 aliphatic carbocycles. The van der Waals surface area contributed by atoms with Crippen LogP contribution in [0.2, 0.25) is 0 Å². The van der Waals surface area contributed by atoms with Crippen LogP contribution in [0.1, 0.15) is 20.8 Å². The van der Waals surface area contributed by atoms with Gasteiger partial charge in [0.2, 0.25) is 0 Å². The minimum Gasteiger partial charge on any atom is -0.383 e. The number of nitrogens with two attached hydrogens (primary N) is 1. The Balaban J connectivity index is 0. The first-order valence-electron chi connectivity index (χ1n) is 4.47. The Hall–Kier alpha value is -1.02. The number of allylic oxidation sites excluding steroid dienone is 2. The van der Waals surface area contributed by atoms with E-state index in [-0.39, 0.29) is 0 Å². The summed E-state index contributed by atoms with van der Waals surface area (Å²) < 4.78 is 0. The highest BCUT2D eigenvalue weighted by molar-refractivity contribution is 6.15. The number of halogens is 1. The minimum atomic E-state index is 0.581. The summed E-state index contributed by atoms with van der Waals surface area (Å²) in [5.41, 5.74) is 7.61. The molecule has 0 fully saturated rings. The molecule has 0 bridgehead atoms. The summed E-state index contributed by atoms with van der Waals surface area (Å²) in [6.07, 6.45) is 6.79. The summed E-state index contributed by atoms with van der Waals surface area (Å²) in [4.78, 5) is 3.93. The molecule has 0 aromatic rings. The number of nitrogens with zero attached hydrogens (tertiary/aromatic N) is 1. The van der Waals surface area contributed by atoms with E-state index in [9.17, 15) is 0 Å². The van der Waals surface area contributed by atoms with Crippen molar-refractivity contribution in [2.45, 2.75) is 20.8 Å². The first-order valence-corrected chi connectivity index (χ1v) is 5.22. The van der Waals surface area contributed by atoms with Crippen molar-refractivity contribution in [1.29, 1.82) is 0 Å². The first-order chi connectivity index (χ1) is 6.75. The van der Waals surface area contributed by atoms with Gasteiger partial charge in [-0.3, -0.25) is 0 Å². The third-order valence-corrected chi connectivity index (χ3v) is 1.38. The second kappa shape index (κ2) is 10.1. The molecule has 0 unspecified atom stereocenters. The topological polar surface area (TPSA) is 38.4 Å². The molecule has 0 saturated carbocycles. The zero-order chi connectivity index (χ0) is 11.6. The molecule has 1 aliphatic heterocycles. The van der Waals surface area contributed by atoms with Crippen molar-refractivity contribution in [3.8, 4) is 0 Å². The molecular weight excluding hydrogens is 196 g/mol. The summed E-state index contributed by atoms with van der Waals surface area (Å²) in [7, 11) is 0. The van der Waals surface area contributed by atoms with Crippen molar-refractivity contribution in [2.24, 2.45) is 10.7 Å². The van der Waals surface area contributed by atoms with Gasteiger partial charge in [0.05, 0.1) is 0 Å². The van der Waals surface area contributed by atoms with Crippen molar-refractivity contribution < 1.29 is 0 Å². The first kappa shape index (κ1) is 15.5. The van der Waals surface area contributed by atoms with Gasteiger partial charge in [0, 0.05) is 18.2 Å². The van der Waals surface area contributed by atoms with E-state index in [1.165, 1.54) is 6.38 Å². The van der Waals surface area contributed by atoms with Gasteiger partial charge in [-0.25, -0.2) is 4.99 Å². The molecule has 1 heterocycles. The summed E-state index contributed by atoms with van der Waals surface area (Å²) in [6, 6.07) is 0. The predicted octanol–water partition coefficient (Wildman–Crippen LogP) is 3.25. The predicted molar refractivity (Wildman–Crippen MR) is 66.8 cm³/mol. The van der Waals surface area contributed by atoms with Gasteiger partial charge in [-0.15, -0.1) is 11.6 Å². The van der Waals surface area contributed by atoms with E-state index in [4.69, 9.17) is 5.73 Å². The Kier molecular flexibility index (Phi) is 11.1. The maximum absolute atomic E-state index is 5.54. The van der Waals surface area contributed by atoms with Crippen LogP contribution in [0.3, 0.4) is 0 Å². The Morgan fingerprint density at radius 3 is 2.21 bits per heavy atom. The van der Waals surface area contributed by atoms with Crippen molar-refractivity contribution in [3.05, 3.63) is 36.1 Å². The van der Waals surface area contributed by atoms with Crippen LogP contribution in [0, 0.1) is 0 Å². The van der Waals surface area contributed by atoms with Crippen LogP contribution in [0.25, 0.3) is 0 Å². The van der Waals surface area contributed by atoms with Crippen molar-refractivity contribution in [1.82, 2.24) is 0 Å². The lowest BCUT2D eigenvalue weighted by Gasteiger charge is -1.96. The normalized spacial score (nSPS) is 15.6. The van der Waals surface area contributed by atoms with E-state index in [1.54, 1.807) is 12.3 Å². The second-order valence-corrected chi connectivity index (χ2v) is 2.14. The monoisotopic (exact) mass is 214 g/mol. The van der Waals surface area contributed by atoms with Gasteiger partial charge in [0.1, 0.15) is 5.84 Å². The molecule has 2 nitrogen and oxygen atoms in total. The fraction of sp³-hybridized carbons (Fsp3) is 0.364. The van der Waals surface area contributed by atoms with Crippen LogP contribution in [0.5, 0.6) is 0 Å². The number of alkyl halides is 1. The summed E-state index contributed by atoms with van der Waals surface area (Å²) in [5, 5.41) is 0. The highest BCUT2D eigenvalue weighted by Crippen LogP contribution is 2.15. The molecule has 0 spiro atoms. The van der Waals surface area contributed by atoms with E-state index in [2.05, 4.69) is 23.2 Å². The quantitative estimate of drug-likeness (QED) is 0.669. The molecule has 0 radical (unpaired) electrons. The zero-order valence-electron chi connectivity index (χ0n) is 9.34. The lowest BCUT2D eigenvalue weighted by Crippen LogP contribution is -2.11. The smallest absolute Gasteiger partial charge is 0.130 e. The molecule has 1 rings (SSSR count). The lowest BCUT2D eigenvalue weighted by molar-refractivity contribution is 1.47. The van der Waals surface area contributed by atoms with E-state index < -0.39 is 0 Å². The van der Waals surface area contributed by atoms with Crippen molar-refractivity contribution >= 4 is 17.4 Å². The third-order valence-electron chi connectivity index (χ3n) is 1.38. The molecular formula is C11H19ClN2. The van der Waals surface area contributed by atoms with Gasteiger partial charge in [0.15, 0.2) is 0 Å². The molecule has 0 amide bonds. The van der Waals surface area contributed by atoms with Gasteiger partial charge in [-0.2, -0.15) is 0 Å². The summed E-state index contributed by atoms with van der Waals surface area (Å²) in [5.74, 6) is 0.581. The molecule has 0 saturated heterocycles. The average molecular weight is 215 g/mol. The Morgan fingerprint density at radius 1 is 1.43 bits per heavy atom. The zero-order valence-corrected chi connectivity index (χ0v) is 10.1. The Labute approximate surface area is 91.9 Å². The second-order valence-electron chi connectivity index (χ2n) is 2.14. The van der Waals surface area contributed by atoms with E-state index in [0.29, 0.717) is 5.84 Å². The third kappa shape index (κ3) is 4.87. The maximum Gasteiger partial charge on any atom is 0.130 e. The lowest BCUT2D eigenvalue weighted by atomic mass is 10.1. The average Bonchev–Trinajstić information content (AvgIpc) is 2.56. The van der Waals surface area contributed by atoms with Crippen LogP contribution >= 0.6 is 11.6 Å². The highest BCUT2D eigenvalue weighted by atomic mass is 35.5. The van der Waals surface area contributed by atoms with E-state index in [1.807, 2.05) is 26.8 Å². The number of rotatable bonds is 1. The number of amidine groups is 1. The van der Waals surface area contributed by atoms with Crippen LogP contribution in [0.4, 0.5) is 0 Å². The molecule has 80 valence electrons. The molecule has 0 aromatic heterocycles. The van der Waals surface area contributed by atoms with Crippen LogP contribution in [-0.4, -0.2) is 12.2 Å². The maximum atomic E-state index is 5.54. The van der Waals surface area contributed by atoms with E-state index >= 15 is 0 Å².